The number of nitrogens with zero attached hydrogens (tertiary/aromatic N) is 1. The Kier molecular flexibility index (Phi) is 3.53. The van der Waals surface area contributed by atoms with Gasteiger partial charge in [-0.2, -0.15) is 0 Å². The zero-order chi connectivity index (χ0) is 10.8. The van der Waals surface area contributed by atoms with Crippen molar-refractivity contribution in [3.8, 4) is 0 Å². The average Bonchev–Trinajstić information content (AvgIpc) is 2.49. The van der Waals surface area contributed by atoms with E-state index in [2.05, 4.69) is 0 Å². The van der Waals surface area contributed by atoms with Crippen molar-refractivity contribution in [3.05, 3.63) is 11.1 Å². The molecule has 0 aromatic carbocycles. The lowest BCUT2D eigenvalue weighted by Gasteiger charge is -2.19. The van der Waals surface area contributed by atoms with Crippen LogP contribution >= 0.6 is 11.6 Å². The quantitative estimate of drug-likeness (QED) is 0.704. The number of β-amino-alcohol motifs (C(OH)–C–C–N with tert-alkyl or cyclic N) is 1. The van der Waals surface area contributed by atoms with E-state index in [-0.39, 0.29) is 0 Å². The van der Waals surface area contributed by atoms with Gasteiger partial charge in [-0.1, -0.05) is 11.6 Å². The van der Waals surface area contributed by atoms with Crippen LogP contribution in [0, 0.1) is 0 Å². The standard InChI is InChI=1S/C9H15ClN2O2/c1-7(4-10)5-12-3-2-9(14,6-12)8(11)13/h4,14H,2-3,5-6H2,1H3,(H2,11,13)/b7-4+. The van der Waals surface area contributed by atoms with Gasteiger partial charge in [-0.3, -0.25) is 9.69 Å². The highest BCUT2D eigenvalue weighted by molar-refractivity contribution is 6.25. The molecule has 1 aliphatic rings. The van der Waals surface area contributed by atoms with E-state index in [1.807, 2.05) is 11.8 Å². The van der Waals surface area contributed by atoms with E-state index >= 15 is 0 Å². The summed E-state index contributed by atoms with van der Waals surface area (Å²) in [5.74, 6) is -0.646. The molecule has 1 aliphatic heterocycles. The Morgan fingerprint density at radius 3 is 2.86 bits per heavy atom. The first kappa shape index (κ1) is 11.5. The van der Waals surface area contributed by atoms with Crippen LogP contribution in [0.1, 0.15) is 13.3 Å². The molecule has 5 heteroatoms. The fraction of sp³-hybridized carbons (Fsp3) is 0.667. The molecule has 1 rings (SSSR count). The summed E-state index contributed by atoms with van der Waals surface area (Å²) in [6.07, 6.45) is 0.401. The van der Waals surface area contributed by atoms with Gasteiger partial charge in [-0.05, 0) is 18.9 Å². The molecule has 1 saturated heterocycles. The summed E-state index contributed by atoms with van der Waals surface area (Å²) in [5, 5.41) is 9.76. The minimum absolute atomic E-state index is 0.296. The van der Waals surface area contributed by atoms with E-state index in [1.165, 1.54) is 5.54 Å². The van der Waals surface area contributed by atoms with Crippen LogP contribution in [0.4, 0.5) is 0 Å². The first-order chi connectivity index (χ1) is 6.48. The van der Waals surface area contributed by atoms with Crippen LogP contribution in [0.3, 0.4) is 0 Å². The summed E-state index contributed by atoms with van der Waals surface area (Å²) in [6.45, 7) is 3.53. The number of halogens is 1. The van der Waals surface area contributed by atoms with E-state index in [0.29, 0.717) is 26.1 Å². The van der Waals surface area contributed by atoms with E-state index in [9.17, 15) is 9.90 Å². The van der Waals surface area contributed by atoms with Crippen molar-refractivity contribution in [2.24, 2.45) is 5.73 Å². The lowest BCUT2D eigenvalue weighted by molar-refractivity contribution is -0.134. The number of rotatable bonds is 3. The maximum Gasteiger partial charge on any atom is 0.250 e. The Labute approximate surface area is 88.3 Å². The molecule has 4 nitrogen and oxygen atoms in total. The second-order valence-corrected chi connectivity index (χ2v) is 4.03. The van der Waals surface area contributed by atoms with Gasteiger partial charge in [0, 0.05) is 25.2 Å². The van der Waals surface area contributed by atoms with Crippen LogP contribution in [0.2, 0.25) is 0 Å². The fourth-order valence-electron chi connectivity index (χ4n) is 1.59. The number of primary amides is 1. The predicted molar refractivity (Wildman–Crippen MR) is 54.8 cm³/mol. The second-order valence-electron chi connectivity index (χ2n) is 3.81. The molecular formula is C9H15ClN2O2. The number of aliphatic hydroxyl groups is 1. The summed E-state index contributed by atoms with van der Waals surface area (Å²) < 4.78 is 0. The number of carbonyl (C=O) groups excluding carboxylic acids is 1. The molecule has 0 spiro atoms. The molecule has 1 fully saturated rings. The van der Waals surface area contributed by atoms with E-state index in [1.54, 1.807) is 0 Å². The molecule has 1 atom stereocenters. The Morgan fingerprint density at radius 1 is 1.79 bits per heavy atom. The van der Waals surface area contributed by atoms with E-state index in [0.717, 1.165) is 5.57 Å². The van der Waals surface area contributed by atoms with Crippen molar-refractivity contribution < 1.29 is 9.90 Å². The van der Waals surface area contributed by atoms with Crippen LogP contribution in [0.15, 0.2) is 11.1 Å². The normalized spacial score (nSPS) is 29.5. The SMILES string of the molecule is C/C(=C\Cl)CN1CCC(O)(C(N)=O)C1. The van der Waals surface area contributed by atoms with Crippen molar-refractivity contribution in [3.63, 3.8) is 0 Å². The highest BCUT2D eigenvalue weighted by Crippen LogP contribution is 2.21. The van der Waals surface area contributed by atoms with Crippen LogP contribution in [-0.4, -0.2) is 41.1 Å². The van der Waals surface area contributed by atoms with Crippen molar-refractivity contribution in [1.29, 1.82) is 0 Å². The topological polar surface area (TPSA) is 66.6 Å². The summed E-state index contributed by atoms with van der Waals surface area (Å²) in [6, 6.07) is 0. The third-order valence-electron chi connectivity index (χ3n) is 2.44. The predicted octanol–water partition coefficient (Wildman–Crippen LogP) is 0.0511. The van der Waals surface area contributed by atoms with Gasteiger partial charge < -0.3 is 10.8 Å². The third kappa shape index (κ3) is 2.47. The molecule has 80 valence electrons. The number of hydrogen-bond donors (Lipinski definition) is 2. The minimum Gasteiger partial charge on any atom is -0.379 e. The summed E-state index contributed by atoms with van der Waals surface area (Å²) >= 11 is 5.52. The second kappa shape index (κ2) is 4.29. The highest BCUT2D eigenvalue weighted by atomic mass is 35.5. The lowest BCUT2D eigenvalue weighted by Crippen LogP contribution is -2.46. The lowest BCUT2D eigenvalue weighted by atomic mass is 10.0. The molecule has 1 amide bonds. The van der Waals surface area contributed by atoms with Crippen molar-refractivity contribution >= 4 is 17.5 Å². The highest BCUT2D eigenvalue weighted by Gasteiger charge is 2.40. The van der Waals surface area contributed by atoms with Crippen LogP contribution in [-0.2, 0) is 4.79 Å². The van der Waals surface area contributed by atoms with Gasteiger partial charge in [0.05, 0.1) is 0 Å². The molecule has 1 unspecified atom stereocenters. The van der Waals surface area contributed by atoms with E-state index < -0.39 is 11.5 Å². The van der Waals surface area contributed by atoms with Gasteiger partial charge in [0.2, 0.25) is 0 Å². The zero-order valence-corrected chi connectivity index (χ0v) is 8.92. The molecule has 0 radical (unpaired) electrons. The molecule has 3 N–H and O–H groups in total. The zero-order valence-electron chi connectivity index (χ0n) is 8.16. The van der Waals surface area contributed by atoms with Gasteiger partial charge in [-0.25, -0.2) is 0 Å². The largest absolute Gasteiger partial charge is 0.379 e. The molecular weight excluding hydrogens is 204 g/mol. The summed E-state index contributed by atoms with van der Waals surface area (Å²) in [5.41, 5.74) is 6.25. The van der Waals surface area contributed by atoms with Crippen molar-refractivity contribution in [1.82, 2.24) is 4.90 Å². The molecule has 0 bridgehead atoms. The summed E-state index contributed by atoms with van der Waals surface area (Å²) in [7, 11) is 0. The van der Waals surface area contributed by atoms with Gasteiger partial charge >= 0.3 is 0 Å². The number of likely N-dealkylation sites (tertiary alicyclic amines) is 1. The molecule has 0 aromatic heterocycles. The van der Waals surface area contributed by atoms with Crippen LogP contribution < -0.4 is 5.73 Å². The number of hydrogen-bond acceptors (Lipinski definition) is 3. The van der Waals surface area contributed by atoms with Crippen molar-refractivity contribution in [2.45, 2.75) is 18.9 Å². The average molecular weight is 219 g/mol. The molecule has 1 heterocycles. The maximum absolute atomic E-state index is 10.9. The Morgan fingerprint density at radius 2 is 2.43 bits per heavy atom. The van der Waals surface area contributed by atoms with Gasteiger partial charge in [0.15, 0.2) is 5.60 Å². The van der Waals surface area contributed by atoms with Gasteiger partial charge in [0.1, 0.15) is 0 Å². The number of nitrogens with two attached hydrogens (primary N) is 1. The van der Waals surface area contributed by atoms with Crippen molar-refractivity contribution in [2.75, 3.05) is 19.6 Å². The smallest absolute Gasteiger partial charge is 0.250 e. The number of amides is 1. The summed E-state index contributed by atoms with van der Waals surface area (Å²) in [4.78, 5) is 12.9. The van der Waals surface area contributed by atoms with Crippen LogP contribution in [0.25, 0.3) is 0 Å². The monoisotopic (exact) mass is 218 g/mol. The van der Waals surface area contributed by atoms with Crippen LogP contribution in [0.5, 0.6) is 0 Å². The Balaban J connectivity index is 2.53. The first-order valence-corrected chi connectivity index (χ1v) is 4.92. The molecule has 0 saturated carbocycles. The first-order valence-electron chi connectivity index (χ1n) is 4.48. The molecule has 0 aromatic rings. The minimum atomic E-state index is -1.35. The number of carbonyl (C=O) groups is 1. The van der Waals surface area contributed by atoms with E-state index in [4.69, 9.17) is 17.3 Å². The van der Waals surface area contributed by atoms with Gasteiger partial charge in [-0.15, -0.1) is 0 Å². The Hall–Kier alpha value is -0.580. The van der Waals surface area contributed by atoms with Gasteiger partial charge in [0.25, 0.3) is 5.91 Å². The maximum atomic E-state index is 10.9. The Bertz CT molecular complexity index is 268. The molecule has 14 heavy (non-hydrogen) atoms. The third-order valence-corrected chi connectivity index (χ3v) is 2.82. The molecule has 0 aliphatic carbocycles. The fourth-order valence-corrected chi connectivity index (χ4v) is 1.66.